The van der Waals surface area contributed by atoms with Crippen LogP contribution in [0.15, 0.2) is 54.6 Å². The van der Waals surface area contributed by atoms with Crippen molar-refractivity contribution in [2.75, 3.05) is 0 Å². The number of ether oxygens (including phenoxy) is 1. The Morgan fingerprint density at radius 2 is 1.48 bits per heavy atom. The Labute approximate surface area is 138 Å². The summed E-state index contributed by atoms with van der Waals surface area (Å²) in [6, 6.07) is 18.1. The van der Waals surface area contributed by atoms with E-state index in [2.05, 4.69) is 12.1 Å². The molecule has 0 heterocycles. The van der Waals surface area contributed by atoms with Gasteiger partial charge in [-0.3, -0.25) is 8.74 Å². The second-order valence-electron chi connectivity index (χ2n) is 5.68. The van der Waals surface area contributed by atoms with Gasteiger partial charge >= 0.3 is 11.4 Å². The van der Waals surface area contributed by atoms with E-state index < -0.39 is 11.4 Å². The summed E-state index contributed by atoms with van der Waals surface area (Å²) in [6.45, 7) is 0. The highest BCUT2D eigenvalue weighted by Crippen LogP contribution is 2.28. The molecule has 2 aromatic rings. The van der Waals surface area contributed by atoms with Gasteiger partial charge in [0.15, 0.2) is 0 Å². The molecule has 0 spiro atoms. The molecule has 0 bridgehead atoms. The van der Waals surface area contributed by atoms with Crippen molar-refractivity contribution in [1.29, 1.82) is 0 Å². The zero-order chi connectivity index (χ0) is 16.1. The van der Waals surface area contributed by atoms with Crippen molar-refractivity contribution in [3.8, 4) is 16.9 Å². The lowest BCUT2D eigenvalue weighted by Crippen LogP contribution is -2.37. The SMILES string of the molecule is O=S(O)OC1CCCCC1Oc1ccc(-c2ccccc2)cc1. The topological polar surface area (TPSA) is 55.8 Å². The third kappa shape index (κ3) is 4.41. The highest BCUT2D eigenvalue weighted by Gasteiger charge is 2.29. The van der Waals surface area contributed by atoms with Gasteiger partial charge in [-0.1, -0.05) is 48.9 Å². The van der Waals surface area contributed by atoms with Gasteiger partial charge in [-0.25, -0.2) is 0 Å². The van der Waals surface area contributed by atoms with Gasteiger partial charge in [0.05, 0.1) is 0 Å². The Morgan fingerprint density at radius 1 is 0.870 bits per heavy atom. The van der Waals surface area contributed by atoms with Gasteiger partial charge in [-0.05, 0) is 42.5 Å². The highest BCUT2D eigenvalue weighted by atomic mass is 32.2. The summed E-state index contributed by atoms with van der Waals surface area (Å²) in [5, 5.41) is 0. The number of hydrogen-bond donors (Lipinski definition) is 1. The number of rotatable bonds is 5. The quantitative estimate of drug-likeness (QED) is 0.834. The lowest BCUT2D eigenvalue weighted by atomic mass is 9.95. The summed E-state index contributed by atoms with van der Waals surface area (Å²) in [6.07, 6.45) is 3.12. The minimum Gasteiger partial charge on any atom is -0.488 e. The normalized spacial score (nSPS) is 22.5. The molecule has 0 aliphatic heterocycles. The Bertz CT molecular complexity index is 642. The maximum absolute atomic E-state index is 10.9. The van der Waals surface area contributed by atoms with Crippen LogP contribution in [0.2, 0.25) is 0 Å². The van der Waals surface area contributed by atoms with Crippen molar-refractivity contribution >= 4 is 11.4 Å². The predicted molar refractivity (Wildman–Crippen MR) is 90.4 cm³/mol. The van der Waals surface area contributed by atoms with E-state index in [0.717, 1.165) is 42.6 Å². The molecule has 0 radical (unpaired) electrons. The molecular formula is C18H20O4S. The average Bonchev–Trinajstić information content (AvgIpc) is 2.58. The maximum Gasteiger partial charge on any atom is 0.302 e. The Balaban J connectivity index is 1.68. The fourth-order valence-electron chi connectivity index (χ4n) is 2.94. The van der Waals surface area contributed by atoms with Crippen molar-refractivity contribution in [2.24, 2.45) is 0 Å². The van der Waals surface area contributed by atoms with Gasteiger partial charge < -0.3 is 4.74 Å². The van der Waals surface area contributed by atoms with Crippen molar-refractivity contribution in [3.63, 3.8) is 0 Å². The minimum atomic E-state index is -2.25. The van der Waals surface area contributed by atoms with E-state index in [0.29, 0.717) is 0 Å². The van der Waals surface area contributed by atoms with Crippen LogP contribution in [0, 0.1) is 0 Å². The predicted octanol–water partition coefficient (Wildman–Crippen LogP) is 4.20. The van der Waals surface area contributed by atoms with Crippen molar-refractivity contribution in [3.05, 3.63) is 54.6 Å². The summed E-state index contributed by atoms with van der Waals surface area (Å²) in [5.74, 6) is 0.758. The molecule has 122 valence electrons. The first-order valence-electron chi connectivity index (χ1n) is 7.82. The first-order valence-corrected chi connectivity index (χ1v) is 8.86. The van der Waals surface area contributed by atoms with E-state index in [-0.39, 0.29) is 12.2 Å². The Kier molecular flexibility index (Phi) is 5.43. The van der Waals surface area contributed by atoms with E-state index in [1.54, 1.807) is 0 Å². The average molecular weight is 332 g/mol. The summed E-state index contributed by atoms with van der Waals surface area (Å²) >= 11 is -2.25. The van der Waals surface area contributed by atoms with Gasteiger partial charge in [-0.2, -0.15) is 4.21 Å². The smallest absolute Gasteiger partial charge is 0.302 e. The second-order valence-corrected chi connectivity index (χ2v) is 6.31. The first-order chi connectivity index (χ1) is 11.2. The largest absolute Gasteiger partial charge is 0.488 e. The van der Waals surface area contributed by atoms with Crippen LogP contribution in [0.3, 0.4) is 0 Å². The van der Waals surface area contributed by atoms with E-state index in [1.807, 2.05) is 42.5 Å². The summed E-state index contributed by atoms with van der Waals surface area (Å²) in [7, 11) is 0. The molecule has 0 amide bonds. The van der Waals surface area contributed by atoms with E-state index in [1.165, 1.54) is 0 Å². The van der Waals surface area contributed by atoms with Crippen LogP contribution in [0.4, 0.5) is 0 Å². The van der Waals surface area contributed by atoms with Gasteiger partial charge in [0, 0.05) is 0 Å². The summed E-state index contributed by atoms with van der Waals surface area (Å²) in [4.78, 5) is 0. The van der Waals surface area contributed by atoms with Crippen LogP contribution >= 0.6 is 0 Å². The van der Waals surface area contributed by atoms with Crippen molar-refractivity contribution in [2.45, 2.75) is 37.9 Å². The van der Waals surface area contributed by atoms with Gasteiger partial charge in [0.1, 0.15) is 18.0 Å². The van der Waals surface area contributed by atoms with Crippen molar-refractivity contribution < 1.29 is 17.7 Å². The summed E-state index contributed by atoms with van der Waals surface area (Å²) in [5.41, 5.74) is 2.29. The molecule has 5 heteroatoms. The molecule has 23 heavy (non-hydrogen) atoms. The molecule has 0 saturated heterocycles. The fraction of sp³-hybridized carbons (Fsp3) is 0.333. The van der Waals surface area contributed by atoms with Crippen LogP contribution in [0.5, 0.6) is 5.75 Å². The van der Waals surface area contributed by atoms with Crippen LogP contribution in [0.1, 0.15) is 25.7 Å². The lowest BCUT2D eigenvalue weighted by molar-refractivity contribution is 0.0261. The van der Waals surface area contributed by atoms with E-state index in [9.17, 15) is 4.21 Å². The molecule has 1 saturated carbocycles. The molecule has 0 aromatic heterocycles. The minimum absolute atomic E-state index is 0.178. The Morgan fingerprint density at radius 3 is 2.13 bits per heavy atom. The van der Waals surface area contributed by atoms with Crippen LogP contribution in [-0.4, -0.2) is 21.0 Å². The van der Waals surface area contributed by atoms with Crippen LogP contribution in [0.25, 0.3) is 11.1 Å². The zero-order valence-electron chi connectivity index (χ0n) is 12.8. The fourth-order valence-corrected chi connectivity index (χ4v) is 3.38. The highest BCUT2D eigenvalue weighted by molar-refractivity contribution is 7.74. The zero-order valence-corrected chi connectivity index (χ0v) is 13.6. The molecule has 1 N–H and O–H groups in total. The summed E-state index contributed by atoms with van der Waals surface area (Å²) < 4.78 is 30.9. The molecule has 1 aliphatic carbocycles. The molecule has 1 aliphatic rings. The number of benzene rings is 2. The van der Waals surface area contributed by atoms with E-state index in [4.69, 9.17) is 13.5 Å². The number of hydrogen-bond acceptors (Lipinski definition) is 3. The van der Waals surface area contributed by atoms with Gasteiger partial charge in [0.2, 0.25) is 0 Å². The van der Waals surface area contributed by atoms with Crippen LogP contribution in [-0.2, 0) is 15.5 Å². The Hall–Kier alpha value is -1.69. The molecule has 3 atom stereocenters. The monoisotopic (exact) mass is 332 g/mol. The first kappa shape index (κ1) is 16.2. The molecule has 1 fully saturated rings. The van der Waals surface area contributed by atoms with Crippen molar-refractivity contribution in [1.82, 2.24) is 0 Å². The van der Waals surface area contributed by atoms with E-state index >= 15 is 0 Å². The molecule has 3 rings (SSSR count). The lowest BCUT2D eigenvalue weighted by Gasteiger charge is -2.30. The molecular weight excluding hydrogens is 312 g/mol. The second kappa shape index (κ2) is 7.73. The molecule has 2 aromatic carbocycles. The van der Waals surface area contributed by atoms with Crippen LogP contribution < -0.4 is 4.74 Å². The third-order valence-corrected chi connectivity index (χ3v) is 4.51. The molecule has 4 nitrogen and oxygen atoms in total. The van der Waals surface area contributed by atoms with Gasteiger partial charge in [0.25, 0.3) is 0 Å². The standard InChI is InChI=1S/C18H20O4S/c19-23(20)22-18-9-5-4-8-17(18)21-16-12-10-15(11-13-16)14-6-2-1-3-7-14/h1-3,6-7,10-13,17-18H,4-5,8-9H2,(H,19,20). The van der Waals surface area contributed by atoms with Gasteiger partial charge in [-0.15, -0.1) is 0 Å². The molecule has 3 unspecified atom stereocenters. The maximum atomic E-state index is 10.9. The third-order valence-electron chi connectivity index (χ3n) is 4.10.